The van der Waals surface area contributed by atoms with Gasteiger partial charge in [0.2, 0.25) is 0 Å². The number of anilines is 3. The maximum absolute atomic E-state index is 2.41. The second kappa shape index (κ2) is 10.5. The van der Waals surface area contributed by atoms with Crippen LogP contribution in [0.2, 0.25) is 0 Å². The third-order valence-electron chi connectivity index (χ3n) is 9.38. The van der Waals surface area contributed by atoms with E-state index in [0.717, 1.165) is 17.1 Å². The Balaban J connectivity index is 1.21. The first-order valence-corrected chi connectivity index (χ1v) is 17.6. The standard InChI is InChI=1S/C44H27NS2/c1-3-11-28(12-4-1)37-24-31-15-9-10-18-35(31)44-43(37)39-26-33(20-22-40(39)47-44)45(32-16-5-2-6-17-32)34-19-21-36-38-23-29-13-7-8-14-30(29)25-41(38)46-42(36)27-34/h1-27H. The Morgan fingerprint density at radius 2 is 1.02 bits per heavy atom. The van der Waals surface area contributed by atoms with Gasteiger partial charge in [-0.25, -0.2) is 0 Å². The van der Waals surface area contributed by atoms with Crippen LogP contribution in [0.25, 0.3) is 73.0 Å². The average molecular weight is 634 g/mol. The summed E-state index contributed by atoms with van der Waals surface area (Å²) in [7, 11) is 0. The summed E-state index contributed by atoms with van der Waals surface area (Å²) in [5, 5.41) is 10.4. The quantitative estimate of drug-likeness (QED) is 0.186. The van der Waals surface area contributed by atoms with Gasteiger partial charge in [0.25, 0.3) is 0 Å². The number of para-hydroxylation sites is 1. The van der Waals surface area contributed by atoms with Crippen LogP contribution in [0.3, 0.4) is 0 Å². The molecule has 10 rings (SSSR count). The first kappa shape index (κ1) is 26.7. The van der Waals surface area contributed by atoms with Crippen molar-refractivity contribution in [2.24, 2.45) is 0 Å². The third-order valence-corrected chi connectivity index (χ3v) is 11.7. The summed E-state index contributed by atoms with van der Waals surface area (Å²) >= 11 is 3.78. The Morgan fingerprint density at radius 3 is 1.85 bits per heavy atom. The van der Waals surface area contributed by atoms with E-state index in [4.69, 9.17) is 0 Å². The molecule has 0 atom stereocenters. The first-order chi connectivity index (χ1) is 23.3. The van der Waals surface area contributed by atoms with Crippen molar-refractivity contribution in [2.75, 3.05) is 4.90 Å². The topological polar surface area (TPSA) is 3.24 Å². The van der Waals surface area contributed by atoms with Crippen LogP contribution < -0.4 is 4.90 Å². The summed E-state index contributed by atoms with van der Waals surface area (Å²) in [6, 6.07) is 60.1. The van der Waals surface area contributed by atoms with E-state index in [1.807, 2.05) is 22.7 Å². The SMILES string of the molecule is c1ccc(-c2cc3ccccc3c3sc4ccc(N(c5ccccc5)c5ccc6c(c5)sc5cc7ccccc7cc56)cc4c23)cc1. The third kappa shape index (κ3) is 4.28. The summed E-state index contributed by atoms with van der Waals surface area (Å²) in [6.07, 6.45) is 0. The molecule has 0 bridgehead atoms. The molecule has 1 nitrogen and oxygen atoms in total. The lowest BCUT2D eigenvalue weighted by Gasteiger charge is -2.25. The highest BCUT2D eigenvalue weighted by Gasteiger charge is 2.19. The van der Waals surface area contributed by atoms with E-state index < -0.39 is 0 Å². The number of thiophene rings is 2. The van der Waals surface area contributed by atoms with Crippen molar-refractivity contribution in [3.05, 3.63) is 164 Å². The van der Waals surface area contributed by atoms with E-state index >= 15 is 0 Å². The van der Waals surface area contributed by atoms with Crippen LogP contribution >= 0.6 is 22.7 Å². The van der Waals surface area contributed by atoms with Crippen LogP contribution in [0.5, 0.6) is 0 Å². The Hall–Kier alpha value is -5.48. The summed E-state index contributed by atoms with van der Waals surface area (Å²) in [4.78, 5) is 2.41. The van der Waals surface area contributed by atoms with E-state index in [9.17, 15) is 0 Å². The number of fused-ring (bicyclic) bond motifs is 9. The van der Waals surface area contributed by atoms with Gasteiger partial charge in [-0.15, -0.1) is 22.7 Å². The number of hydrogen-bond acceptors (Lipinski definition) is 3. The van der Waals surface area contributed by atoms with Gasteiger partial charge in [-0.3, -0.25) is 0 Å². The van der Waals surface area contributed by atoms with Crippen LogP contribution in [-0.2, 0) is 0 Å². The molecule has 0 saturated heterocycles. The molecule has 0 unspecified atom stereocenters. The van der Waals surface area contributed by atoms with E-state index in [0.29, 0.717) is 0 Å². The average Bonchev–Trinajstić information content (AvgIpc) is 3.69. The van der Waals surface area contributed by atoms with Crippen molar-refractivity contribution in [2.45, 2.75) is 0 Å². The molecule has 0 radical (unpaired) electrons. The first-order valence-electron chi connectivity index (χ1n) is 15.9. The Kier molecular flexibility index (Phi) is 5.98. The molecule has 0 aliphatic rings. The van der Waals surface area contributed by atoms with Gasteiger partial charge < -0.3 is 4.90 Å². The van der Waals surface area contributed by atoms with Gasteiger partial charge >= 0.3 is 0 Å². The minimum Gasteiger partial charge on any atom is -0.310 e. The molecule has 2 aromatic heterocycles. The largest absolute Gasteiger partial charge is 0.310 e. The molecule has 8 aromatic carbocycles. The maximum atomic E-state index is 2.41. The van der Waals surface area contributed by atoms with Gasteiger partial charge in [-0.1, -0.05) is 103 Å². The lowest BCUT2D eigenvalue weighted by molar-refractivity contribution is 1.30. The predicted octanol–water partition coefficient (Wildman–Crippen LogP) is 13.9. The number of nitrogens with zero attached hydrogens (tertiary/aromatic N) is 1. The van der Waals surface area contributed by atoms with Crippen molar-refractivity contribution in [1.82, 2.24) is 0 Å². The Bertz CT molecular complexity index is 2790. The zero-order valence-corrected chi connectivity index (χ0v) is 27.0. The second-order valence-electron chi connectivity index (χ2n) is 12.1. The van der Waals surface area contributed by atoms with Gasteiger partial charge in [0.15, 0.2) is 0 Å². The number of hydrogen-bond donors (Lipinski definition) is 0. The van der Waals surface area contributed by atoms with Crippen LogP contribution in [0.15, 0.2) is 164 Å². The molecule has 0 aliphatic heterocycles. The van der Waals surface area contributed by atoms with Gasteiger partial charge in [0.05, 0.1) is 0 Å². The number of benzene rings is 8. The molecule has 47 heavy (non-hydrogen) atoms. The monoisotopic (exact) mass is 633 g/mol. The summed E-state index contributed by atoms with van der Waals surface area (Å²) in [5.74, 6) is 0. The summed E-state index contributed by atoms with van der Waals surface area (Å²) in [6.45, 7) is 0. The van der Waals surface area contributed by atoms with Crippen LogP contribution in [0.4, 0.5) is 17.1 Å². The molecule has 0 spiro atoms. The normalized spacial score (nSPS) is 11.8. The van der Waals surface area contributed by atoms with Crippen LogP contribution in [0.1, 0.15) is 0 Å². The van der Waals surface area contributed by atoms with Crippen molar-refractivity contribution < 1.29 is 0 Å². The Morgan fingerprint density at radius 1 is 0.362 bits per heavy atom. The zero-order chi connectivity index (χ0) is 30.9. The smallest absolute Gasteiger partial charge is 0.0476 e. The van der Waals surface area contributed by atoms with E-state index in [1.54, 1.807) is 0 Å². The van der Waals surface area contributed by atoms with E-state index in [2.05, 4.69) is 169 Å². The van der Waals surface area contributed by atoms with Crippen molar-refractivity contribution in [1.29, 1.82) is 0 Å². The fraction of sp³-hybridized carbons (Fsp3) is 0. The van der Waals surface area contributed by atoms with Crippen LogP contribution in [0, 0.1) is 0 Å². The molecule has 0 fully saturated rings. The minimum atomic E-state index is 1.14. The second-order valence-corrected chi connectivity index (χ2v) is 14.3. The molecule has 0 saturated carbocycles. The van der Waals surface area contributed by atoms with Gasteiger partial charge in [-0.2, -0.15) is 0 Å². The molecule has 220 valence electrons. The van der Waals surface area contributed by atoms with Crippen LogP contribution in [-0.4, -0.2) is 0 Å². The fourth-order valence-corrected chi connectivity index (χ4v) is 9.61. The molecular formula is C44H27NS2. The number of rotatable bonds is 4. The van der Waals surface area contributed by atoms with Crippen molar-refractivity contribution >= 4 is 102 Å². The summed E-state index contributed by atoms with van der Waals surface area (Å²) in [5.41, 5.74) is 5.99. The van der Waals surface area contributed by atoms with E-state index in [-0.39, 0.29) is 0 Å². The van der Waals surface area contributed by atoms with Crippen molar-refractivity contribution in [3.8, 4) is 11.1 Å². The van der Waals surface area contributed by atoms with Gasteiger partial charge in [-0.05, 0) is 93.3 Å². The summed E-state index contributed by atoms with van der Waals surface area (Å²) < 4.78 is 5.28. The molecule has 2 heterocycles. The highest BCUT2D eigenvalue weighted by atomic mass is 32.1. The fourth-order valence-electron chi connectivity index (χ4n) is 7.20. The minimum absolute atomic E-state index is 1.14. The van der Waals surface area contributed by atoms with Gasteiger partial charge in [0.1, 0.15) is 0 Å². The molecule has 3 heteroatoms. The molecule has 10 aromatic rings. The lowest BCUT2D eigenvalue weighted by atomic mass is 9.95. The van der Waals surface area contributed by atoms with Gasteiger partial charge in [0, 0.05) is 57.4 Å². The van der Waals surface area contributed by atoms with Crippen molar-refractivity contribution in [3.63, 3.8) is 0 Å². The molecule has 0 amide bonds. The zero-order valence-electron chi connectivity index (χ0n) is 25.4. The van der Waals surface area contributed by atoms with E-state index in [1.165, 1.54) is 73.0 Å². The highest BCUT2D eigenvalue weighted by Crippen LogP contribution is 2.47. The molecular weight excluding hydrogens is 607 g/mol. The lowest BCUT2D eigenvalue weighted by Crippen LogP contribution is -2.09. The molecule has 0 aliphatic carbocycles. The Labute approximate surface area is 280 Å². The maximum Gasteiger partial charge on any atom is 0.0476 e. The predicted molar refractivity (Wildman–Crippen MR) is 207 cm³/mol. The highest BCUT2D eigenvalue weighted by molar-refractivity contribution is 7.27. The molecule has 0 N–H and O–H groups in total.